The van der Waals surface area contributed by atoms with Crippen LogP contribution in [0.25, 0.3) is 22.0 Å². The van der Waals surface area contributed by atoms with Crippen molar-refractivity contribution in [1.29, 1.82) is 0 Å². The number of rotatable bonds is 7. The van der Waals surface area contributed by atoms with Gasteiger partial charge in [-0.25, -0.2) is 13.1 Å². The minimum atomic E-state index is -3.76. The number of pyridine rings is 1. The third-order valence-electron chi connectivity index (χ3n) is 5.35. The Balaban J connectivity index is 1.72. The Morgan fingerprint density at radius 1 is 0.912 bits per heavy atom. The van der Waals surface area contributed by atoms with Crippen LogP contribution in [0.4, 0.5) is 0 Å². The summed E-state index contributed by atoms with van der Waals surface area (Å²) in [6.07, 6.45) is 0.799. The first kappa shape index (κ1) is 23.9. The molecule has 1 N–H and O–H groups in total. The van der Waals surface area contributed by atoms with Crippen molar-refractivity contribution < 1.29 is 13.2 Å². The normalized spacial score (nSPS) is 12.1. The Morgan fingerprint density at radius 3 is 2.32 bits per heavy atom. The zero-order valence-electron chi connectivity index (χ0n) is 20.0. The number of benzene rings is 3. The molecule has 1 heterocycles. The molecule has 0 bridgehead atoms. The molecular formula is C28H30N2O3S. The number of hydrogen-bond acceptors (Lipinski definition) is 4. The molecule has 0 aliphatic carbocycles. The standard InChI is InChI=1S/C28H30N2O3S/c1-5-22-18-26(24-13-9-10-14-25(24)29-22)33-19-20-15-16-23(21-11-7-6-8-12-21)27(17-20)34(31,32)30-28(2,3)4/h6-18,30H,5,19H2,1-4H3. The predicted molar refractivity (Wildman–Crippen MR) is 137 cm³/mol. The molecule has 0 saturated heterocycles. The minimum Gasteiger partial charge on any atom is -0.488 e. The highest BCUT2D eigenvalue weighted by molar-refractivity contribution is 7.89. The molecular weight excluding hydrogens is 444 g/mol. The van der Waals surface area contributed by atoms with Gasteiger partial charge in [-0.15, -0.1) is 0 Å². The summed E-state index contributed by atoms with van der Waals surface area (Å²) in [5, 5.41) is 0.933. The average Bonchev–Trinajstić information content (AvgIpc) is 2.81. The van der Waals surface area contributed by atoms with Crippen LogP contribution < -0.4 is 9.46 Å². The van der Waals surface area contributed by atoms with Gasteiger partial charge < -0.3 is 4.74 Å². The Labute approximate surface area is 201 Å². The topological polar surface area (TPSA) is 68.3 Å². The lowest BCUT2D eigenvalue weighted by atomic mass is 10.0. The quantitative estimate of drug-likeness (QED) is 0.350. The van der Waals surface area contributed by atoms with E-state index in [0.717, 1.165) is 39.9 Å². The number of ether oxygens (including phenoxy) is 1. The Bertz CT molecular complexity index is 1410. The Kier molecular flexibility index (Phi) is 6.73. The molecule has 0 spiro atoms. The molecule has 0 unspecified atom stereocenters. The van der Waals surface area contributed by atoms with Crippen LogP contribution in [0, 0.1) is 0 Å². The number of aromatic nitrogens is 1. The van der Waals surface area contributed by atoms with Crippen LogP contribution in [0.1, 0.15) is 39.0 Å². The molecule has 3 aromatic carbocycles. The number of para-hydroxylation sites is 1. The van der Waals surface area contributed by atoms with E-state index in [1.54, 1.807) is 6.07 Å². The van der Waals surface area contributed by atoms with Gasteiger partial charge in [0.15, 0.2) is 0 Å². The number of hydrogen-bond donors (Lipinski definition) is 1. The fourth-order valence-electron chi connectivity index (χ4n) is 3.85. The fourth-order valence-corrected chi connectivity index (χ4v) is 5.55. The second kappa shape index (κ2) is 9.57. The van der Waals surface area contributed by atoms with E-state index in [0.29, 0.717) is 5.56 Å². The molecule has 4 aromatic rings. The van der Waals surface area contributed by atoms with Gasteiger partial charge in [-0.05, 0) is 56.5 Å². The van der Waals surface area contributed by atoms with E-state index in [4.69, 9.17) is 4.74 Å². The maximum Gasteiger partial charge on any atom is 0.241 e. The van der Waals surface area contributed by atoms with Crippen LogP contribution in [-0.2, 0) is 23.1 Å². The van der Waals surface area contributed by atoms with Gasteiger partial charge in [-0.1, -0.05) is 61.5 Å². The highest BCUT2D eigenvalue weighted by Gasteiger charge is 2.25. The summed E-state index contributed by atoms with van der Waals surface area (Å²) in [5.41, 5.74) is 3.50. The molecule has 0 amide bonds. The minimum absolute atomic E-state index is 0.239. The van der Waals surface area contributed by atoms with Crippen LogP contribution in [0.5, 0.6) is 5.75 Å². The van der Waals surface area contributed by atoms with E-state index in [1.807, 2.05) is 93.6 Å². The first-order chi connectivity index (χ1) is 16.2. The lowest BCUT2D eigenvalue weighted by Gasteiger charge is -2.22. The first-order valence-electron chi connectivity index (χ1n) is 11.4. The van der Waals surface area contributed by atoms with Gasteiger partial charge >= 0.3 is 0 Å². The number of nitrogens with one attached hydrogen (secondary N) is 1. The highest BCUT2D eigenvalue weighted by atomic mass is 32.2. The van der Waals surface area contributed by atoms with Gasteiger partial charge in [-0.3, -0.25) is 4.98 Å². The molecule has 0 atom stereocenters. The molecule has 1 aromatic heterocycles. The first-order valence-corrected chi connectivity index (χ1v) is 12.9. The molecule has 34 heavy (non-hydrogen) atoms. The zero-order valence-corrected chi connectivity index (χ0v) is 20.8. The van der Waals surface area contributed by atoms with Gasteiger partial charge in [0, 0.05) is 28.2 Å². The van der Waals surface area contributed by atoms with Crippen LogP contribution in [0.3, 0.4) is 0 Å². The molecule has 176 valence electrons. The summed E-state index contributed by atoms with van der Waals surface area (Å²) in [4.78, 5) is 4.91. The van der Waals surface area contributed by atoms with Gasteiger partial charge in [-0.2, -0.15) is 0 Å². The number of aryl methyl sites for hydroxylation is 1. The van der Waals surface area contributed by atoms with E-state index in [9.17, 15) is 8.42 Å². The Hall–Kier alpha value is -3.22. The molecule has 0 aliphatic rings. The summed E-state index contributed by atoms with van der Waals surface area (Å²) in [6.45, 7) is 7.80. The van der Waals surface area contributed by atoms with Gasteiger partial charge in [0.25, 0.3) is 0 Å². The number of sulfonamides is 1. The number of nitrogens with zero attached hydrogens (tertiary/aromatic N) is 1. The van der Waals surface area contributed by atoms with Crippen molar-refractivity contribution in [1.82, 2.24) is 9.71 Å². The zero-order chi connectivity index (χ0) is 24.3. The fraction of sp³-hybridized carbons (Fsp3) is 0.250. The largest absolute Gasteiger partial charge is 0.488 e. The molecule has 0 radical (unpaired) electrons. The van der Waals surface area contributed by atoms with Crippen molar-refractivity contribution in [3.8, 4) is 16.9 Å². The summed E-state index contributed by atoms with van der Waals surface area (Å²) < 4.78 is 35.7. The summed E-state index contributed by atoms with van der Waals surface area (Å²) in [7, 11) is -3.76. The van der Waals surface area contributed by atoms with Crippen LogP contribution in [0.2, 0.25) is 0 Å². The van der Waals surface area contributed by atoms with Crippen molar-refractivity contribution in [2.75, 3.05) is 0 Å². The van der Waals surface area contributed by atoms with E-state index in [-0.39, 0.29) is 11.5 Å². The van der Waals surface area contributed by atoms with E-state index in [2.05, 4.69) is 16.6 Å². The molecule has 0 fully saturated rings. The van der Waals surface area contributed by atoms with E-state index in [1.165, 1.54) is 0 Å². The molecule has 6 heteroatoms. The van der Waals surface area contributed by atoms with Crippen LogP contribution in [-0.4, -0.2) is 18.9 Å². The Morgan fingerprint density at radius 2 is 1.62 bits per heavy atom. The maximum atomic E-state index is 13.4. The summed E-state index contributed by atoms with van der Waals surface area (Å²) in [5.74, 6) is 0.742. The van der Waals surface area contributed by atoms with Gasteiger partial charge in [0.2, 0.25) is 10.0 Å². The van der Waals surface area contributed by atoms with Crippen molar-refractivity contribution >= 4 is 20.9 Å². The van der Waals surface area contributed by atoms with Crippen molar-refractivity contribution in [2.45, 2.75) is 51.2 Å². The number of fused-ring (bicyclic) bond motifs is 1. The molecule has 0 saturated carbocycles. The molecule has 5 nitrogen and oxygen atoms in total. The second-order valence-electron chi connectivity index (χ2n) is 9.32. The molecule has 4 rings (SSSR count). The molecule has 0 aliphatic heterocycles. The second-order valence-corrected chi connectivity index (χ2v) is 11.0. The predicted octanol–water partition coefficient (Wildman–Crippen LogP) is 6.12. The average molecular weight is 475 g/mol. The lowest BCUT2D eigenvalue weighted by Crippen LogP contribution is -2.40. The maximum absolute atomic E-state index is 13.4. The van der Waals surface area contributed by atoms with Crippen molar-refractivity contribution in [3.05, 3.63) is 90.1 Å². The van der Waals surface area contributed by atoms with E-state index < -0.39 is 15.6 Å². The van der Waals surface area contributed by atoms with E-state index >= 15 is 0 Å². The van der Waals surface area contributed by atoms with Crippen molar-refractivity contribution in [3.63, 3.8) is 0 Å². The highest BCUT2D eigenvalue weighted by Crippen LogP contribution is 2.31. The third-order valence-corrected chi connectivity index (χ3v) is 7.15. The third kappa shape index (κ3) is 5.46. The lowest BCUT2D eigenvalue weighted by molar-refractivity contribution is 0.309. The van der Waals surface area contributed by atoms with Gasteiger partial charge in [0.05, 0.1) is 10.4 Å². The smallest absolute Gasteiger partial charge is 0.241 e. The van der Waals surface area contributed by atoms with Crippen LogP contribution in [0.15, 0.2) is 83.8 Å². The summed E-state index contributed by atoms with van der Waals surface area (Å²) in [6, 6.07) is 24.9. The van der Waals surface area contributed by atoms with Crippen molar-refractivity contribution in [2.24, 2.45) is 0 Å². The van der Waals surface area contributed by atoms with Crippen LogP contribution >= 0.6 is 0 Å². The monoisotopic (exact) mass is 474 g/mol. The SMILES string of the molecule is CCc1cc(OCc2ccc(-c3ccccc3)c(S(=O)(=O)NC(C)(C)C)c2)c2ccccc2n1. The summed E-state index contributed by atoms with van der Waals surface area (Å²) >= 11 is 0. The van der Waals surface area contributed by atoms with Gasteiger partial charge in [0.1, 0.15) is 12.4 Å².